The van der Waals surface area contributed by atoms with Gasteiger partial charge in [0, 0.05) is 56.1 Å². The van der Waals surface area contributed by atoms with E-state index in [1.54, 1.807) is 0 Å². The summed E-state index contributed by atoms with van der Waals surface area (Å²) in [6.45, 7) is 5.16. The summed E-state index contributed by atoms with van der Waals surface area (Å²) in [6.07, 6.45) is 4.04. The van der Waals surface area contributed by atoms with E-state index in [2.05, 4.69) is 45.4 Å². The lowest BCUT2D eigenvalue weighted by molar-refractivity contribution is -0.137. The van der Waals surface area contributed by atoms with Gasteiger partial charge in [-0.05, 0) is 50.3 Å². The van der Waals surface area contributed by atoms with Gasteiger partial charge in [-0.1, -0.05) is 42.0 Å². The van der Waals surface area contributed by atoms with Crippen LogP contribution in [0.2, 0.25) is 0 Å². The van der Waals surface area contributed by atoms with Crippen LogP contribution in [-0.4, -0.2) is 55.9 Å². The van der Waals surface area contributed by atoms with Crippen LogP contribution < -0.4 is 10.6 Å². The number of nitrogens with zero attached hydrogens (tertiary/aromatic N) is 5. The minimum Gasteiger partial charge on any atom is -0.347 e. The molecule has 0 radical (unpaired) electrons. The van der Waals surface area contributed by atoms with E-state index in [4.69, 9.17) is 4.98 Å². The monoisotopic (exact) mass is 516 g/mol. The third kappa shape index (κ3) is 4.92. The van der Waals surface area contributed by atoms with Crippen LogP contribution in [0.3, 0.4) is 0 Å². The number of rotatable bonds is 5. The van der Waals surface area contributed by atoms with Crippen LogP contribution in [0.4, 0.5) is 5.13 Å². The van der Waals surface area contributed by atoms with Gasteiger partial charge in [-0.25, -0.2) is 9.78 Å². The topological polar surface area (TPSA) is 87.1 Å². The fourth-order valence-corrected chi connectivity index (χ4v) is 6.43. The minimum atomic E-state index is -0.0583. The molecule has 192 valence electrons. The molecule has 2 aliphatic heterocycles. The quantitative estimate of drug-likeness (QED) is 0.430. The molecule has 37 heavy (non-hydrogen) atoms. The standard InChI is InChI=1S/C28H32N6O2S/c1-19-6-8-20(9-7-19)18-25-30-28(37-31-25)33-14-10-21(11-15-33)26(35)32-16-12-22(13-17-32)34-24-5-3-2-4-23(24)29-27(34)36/h2-9,21-22H,10-18H2,1H3,(H,29,36). The summed E-state index contributed by atoms with van der Waals surface area (Å²) in [5, 5.41) is 0.956. The maximum absolute atomic E-state index is 13.3. The maximum atomic E-state index is 13.3. The molecule has 0 bridgehead atoms. The number of piperidine rings is 2. The number of imidazole rings is 1. The summed E-state index contributed by atoms with van der Waals surface area (Å²) in [4.78, 5) is 37.9. The van der Waals surface area contributed by atoms with Crippen molar-refractivity contribution >= 4 is 33.6 Å². The number of likely N-dealkylation sites (tertiary alicyclic amines) is 1. The Labute approximate surface area is 220 Å². The Morgan fingerprint density at radius 2 is 1.73 bits per heavy atom. The lowest BCUT2D eigenvalue weighted by Gasteiger charge is -2.37. The first-order valence-electron chi connectivity index (χ1n) is 13.2. The van der Waals surface area contributed by atoms with Gasteiger partial charge in [0.1, 0.15) is 5.82 Å². The number of carbonyl (C=O) groups excluding carboxylic acids is 1. The third-order valence-corrected chi connectivity index (χ3v) is 8.64. The fraction of sp³-hybridized carbons (Fsp3) is 0.429. The van der Waals surface area contributed by atoms with E-state index in [-0.39, 0.29) is 23.6 Å². The molecule has 0 atom stereocenters. The number of hydrogen-bond donors (Lipinski definition) is 1. The third-order valence-electron chi connectivity index (χ3n) is 7.82. The number of amides is 1. The highest BCUT2D eigenvalue weighted by molar-refractivity contribution is 7.09. The number of H-pyrrole nitrogens is 1. The second kappa shape index (κ2) is 10.1. The molecule has 2 fully saturated rings. The number of hydrogen-bond acceptors (Lipinski definition) is 6. The van der Waals surface area contributed by atoms with Gasteiger partial charge in [-0.2, -0.15) is 4.37 Å². The molecular formula is C28H32N6O2S. The van der Waals surface area contributed by atoms with Gasteiger partial charge in [0.2, 0.25) is 11.0 Å². The highest BCUT2D eigenvalue weighted by Gasteiger charge is 2.32. The Morgan fingerprint density at radius 3 is 2.49 bits per heavy atom. The first-order valence-corrected chi connectivity index (χ1v) is 13.9. The number of anilines is 1. The van der Waals surface area contributed by atoms with Crippen LogP contribution in [0.1, 0.15) is 48.7 Å². The van der Waals surface area contributed by atoms with E-state index in [1.165, 1.54) is 22.7 Å². The van der Waals surface area contributed by atoms with Crippen LogP contribution >= 0.6 is 11.5 Å². The highest BCUT2D eigenvalue weighted by Crippen LogP contribution is 2.29. The summed E-state index contributed by atoms with van der Waals surface area (Å²) in [6, 6.07) is 16.5. The Bertz CT molecular complexity index is 1440. The molecule has 2 saturated heterocycles. The molecule has 2 aromatic carbocycles. The van der Waals surface area contributed by atoms with E-state index in [0.717, 1.165) is 67.2 Å². The number of aromatic amines is 1. The van der Waals surface area contributed by atoms with Crippen molar-refractivity contribution in [2.45, 2.75) is 45.1 Å². The minimum absolute atomic E-state index is 0.0583. The molecule has 0 aliphatic carbocycles. The second-order valence-corrected chi connectivity index (χ2v) is 11.0. The number of aryl methyl sites for hydroxylation is 1. The number of fused-ring (bicyclic) bond motifs is 1. The molecule has 1 N–H and O–H groups in total. The summed E-state index contributed by atoms with van der Waals surface area (Å²) < 4.78 is 6.46. The van der Waals surface area contributed by atoms with Crippen molar-refractivity contribution in [3.63, 3.8) is 0 Å². The first-order chi connectivity index (χ1) is 18.0. The average Bonchev–Trinajstić information content (AvgIpc) is 3.53. The van der Waals surface area contributed by atoms with Gasteiger partial charge in [0.05, 0.1) is 11.0 Å². The lowest BCUT2D eigenvalue weighted by atomic mass is 9.94. The summed E-state index contributed by atoms with van der Waals surface area (Å²) in [5.41, 5.74) is 4.23. The van der Waals surface area contributed by atoms with Gasteiger partial charge in [-0.15, -0.1) is 0 Å². The van der Waals surface area contributed by atoms with E-state index >= 15 is 0 Å². The van der Waals surface area contributed by atoms with E-state index < -0.39 is 0 Å². The van der Waals surface area contributed by atoms with Crippen LogP contribution in [0.15, 0.2) is 53.3 Å². The van der Waals surface area contributed by atoms with Gasteiger partial charge < -0.3 is 14.8 Å². The van der Waals surface area contributed by atoms with Gasteiger partial charge in [0.25, 0.3) is 0 Å². The van der Waals surface area contributed by atoms with Crippen LogP contribution in [0.25, 0.3) is 11.0 Å². The summed E-state index contributed by atoms with van der Waals surface area (Å²) in [7, 11) is 0. The van der Waals surface area contributed by atoms with E-state index in [1.807, 2.05) is 33.7 Å². The molecule has 6 rings (SSSR count). The Morgan fingerprint density at radius 1 is 1.00 bits per heavy atom. The number of nitrogens with one attached hydrogen (secondary N) is 1. The zero-order valence-electron chi connectivity index (χ0n) is 21.1. The van der Waals surface area contributed by atoms with Crippen molar-refractivity contribution in [1.29, 1.82) is 0 Å². The molecule has 8 nitrogen and oxygen atoms in total. The fourth-order valence-electron chi connectivity index (χ4n) is 5.69. The smallest absolute Gasteiger partial charge is 0.326 e. The van der Waals surface area contributed by atoms with Crippen LogP contribution in [0, 0.1) is 12.8 Å². The molecule has 2 aliphatic rings. The normalized spacial score (nSPS) is 17.5. The molecule has 1 amide bonds. The van der Waals surface area contributed by atoms with Crippen LogP contribution in [-0.2, 0) is 11.2 Å². The van der Waals surface area contributed by atoms with E-state index in [9.17, 15) is 9.59 Å². The summed E-state index contributed by atoms with van der Waals surface area (Å²) >= 11 is 1.46. The molecule has 9 heteroatoms. The molecule has 4 aromatic rings. The van der Waals surface area contributed by atoms with Crippen molar-refractivity contribution in [1.82, 2.24) is 23.8 Å². The Hall–Kier alpha value is -3.46. The van der Waals surface area contributed by atoms with Gasteiger partial charge in [-0.3, -0.25) is 9.36 Å². The Kier molecular flexibility index (Phi) is 6.54. The van der Waals surface area contributed by atoms with E-state index in [0.29, 0.717) is 13.1 Å². The first kappa shape index (κ1) is 23.9. The van der Waals surface area contributed by atoms with Crippen LogP contribution in [0.5, 0.6) is 0 Å². The lowest BCUT2D eigenvalue weighted by Crippen LogP contribution is -2.46. The Balaban J connectivity index is 1.02. The predicted octanol–water partition coefficient (Wildman–Crippen LogP) is 4.16. The molecule has 0 spiro atoms. The molecule has 4 heterocycles. The molecule has 2 aromatic heterocycles. The number of carbonyl (C=O) groups is 1. The zero-order valence-corrected chi connectivity index (χ0v) is 21.9. The summed E-state index contributed by atoms with van der Waals surface area (Å²) in [5.74, 6) is 1.18. The van der Waals surface area contributed by atoms with Crippen molar-refractivity contribution in [2.75, 3.05) is 31.1 Å². The molecule has 0 unspecified atom stereocenters. The van der Waals surface area contributed by atoms with Crippen molar-refractivity contribution in [3.05, 3.63) is 76.0 Å². The number of aromatic nitrogens is 4. The van der Waals surface area contributed by atoms with Crippen molar-refractivity contribution in [2.24, 2.45) is 5.92 Å². The second-order valence-electron chi connectivity index (χ2n) is 10.3. The average molecular weight is 517 g/mol. The highest BCUT2D eigenvalue weighted by atomic mass is 32.1. The SMILES string of the molecule is Cc1ccc(Cc2nsc(N3CCC(C(=O)N4CCC(n5c(=O)[nH]c6ccccc65)CC4)CC3)n2)cc1. The van der Waals surface area contributed by atoms with Crippen molar-refractivity contribution in [3.8, 4) is 0 Å². The number of benzene rings is 2. The maximum Gasteiger partial charge on any atom is 0.326 e. The van der Waals surface area contributed by atoms with Gasteiger partial charge in [0.15, 0.2) is 0 Å². The largest absolute Gasteiger partial charge is 0.347 e. The van der Waals surface area contributed by atoms with Gasteiger partial charge >= 0.3 is 5.69 Å². The molecular weight excluding hydrogens is 484 g/mol. The zero-order chi connectivity index (χ0) is 25.4. The van der Waals surface area contributed by atoms with Crippen molar-refractivity contribution < 1.29 is 4.79 Å². The number of para-hydroxylation sites is 2. The molecule has 0 saturated carbocycles. The predicted molar refractivity (Wildman–Crippen MR) is 146 cm³/mol.